The fourth-order valence-electron chi connectivity index (χ4n) is 3.05. The monoisotopic (exact) mass is 409 g/mol. The Balaban J connectivity index is 1.48. The summed E-state index contributed by atoms with van der Waals surface area (Å²) < 4.78 is 7.37. The summed E-state index contributed by atoms with van der Waals surface area (Å²) in [5, 5.41) is 12.1. The number of ether oxygens (including phenoxy) is 1. The molecule has 146 valence electrons. The zero-order chi connectivity index (χ0) is 19.2. The lowest BCUT2D eigenvalue weighted by molar-refractivity contribution is -0.122. The Labute approximate surface area is 166 Å². The summed E-state index contributed by atoms with van der Waals surface area (Å²) in [4.78, 5) is 26.8. The fourth-order valence-corrected chi connectivity index (χ4v) is 4.00. The van der Waals surface area contributed by atoms with E-state index in [1.165, 1.54) is 0 Å². The van der Waals surface area contributed by atoms with Gasteiger partial charge in [0.1, 0.15) is 0 Å². The molecule has 0 aromatic carbocycles. The van der Waals surface area contributed by atoms with E-state index in [1.54, 1.807) is 23.2 Å². The summed E-state index contributed by atoms with van der Waals surface area (Å²) in [6, 6.07) is 4.01. The van der Waals surface area contributed by atoms with E-state index in [0.717, 1.165) is 23.5 Å². The van der Waals surface area contributed by atoms with Gasteiger partial charge in [-0.2, -0.15) is 5.10 Å². The number of aromatic amines is 1. The molecule has 2 amide bonds. The van der Waals surface area contributed by atoms with E-state index in [9.17, 15) is 9.59 Å². The molecule has 1 aliphatic rings. The Bertz CT molecular complexity index is 822. The third-order valence-corrected chi connectivity index (χ3v) is 5.63. The maximum absolute atomic E-state index is 12.3. The van der Waals surface area contributed by atoms with Crippen molar-refractivity contribution in [1.82, 2.24) is 25.0 Å². The van der Waals surface area contributed by atoms with Gasteiger partial charge in [0.2, 0.25) is 5.91 Å². The van der Waals surface area contributed by atoms with Crippen LogP contribution in [0.3, 0.4) is 0 Å². The number of nitrogens with zero attached hydrogens (tertiary/aromatic N) is 3. The average Bonchev–Trinajstić information content (AvgIpc) is 3.30. The van der Waals surface area contributed by atoms with Crippen molar-refractivity contribution in [3.63, 3.8) is 0 Å². The number of H-pyrrole nitrogens is 1. The molecule has 2 aromatic heterocycles. The van der Waals surface area contributed by atoms with Crippen molar-refractivity contribution in [2.75, 3.05) is 19.7 Å². The predicted octanol–water partition coefficient (Wildman–Crippen LogP) is 2.80. The van der Waals surface area contributed by atoms with Crippen molar-refractivity contribution >= 4 is 35.6 Å². The Morgan fingerprint density at radius 2 is 2.22 bits per heavy atom. The Morgan fingerprint density at radius 3 is 2.89 bits per heavy atom. The molecule has 1 fully saturated rings. The van der Waals surface area contributed by atoms with Gasteiger partial charge in [0, 0.05) is 32.1 Å². The minimum Gasteiger partial charge on any atom is -0.450 e. The van der Waals surface area contributed by atoms with Crippen LogP contribution >= 0.6 is 23.6 Å². The SMILES string of the molecule is CCOC(=O)N1CCC(NC(=O)CCn2c(-c3cccs3)n[nH]c2=S)CC1. The van der Waals surface area contributed by atoms with E-state index in [1.807, 2.05) is 22.1 Å². The maximum Gasteiger partial charge on any atom is 0.409 e. The third kappa shape index (κ3) is 4.95. The molecule has 0 atom stereocenters. The molecule has 8 nitrogen and oxygen atoms in total. The minimum atomic E-state index is -0.280. The van der Waals surface area contributed by atoms with E-state index >= 15 is 0 Å². The average molecular weight is 410 g/mol. The van der Waals surface area contributed by atoms with Crippen LogP contribution < -0.4 is 5.32 Å². The predicted molar refractivity (Wildman–Crippen MR) is 105 cm³/mol. The van der Waals surface area contributed by atoms with Crippen LogP contribution in [0.2, 0.25) is 0 Å². The molecule has 3 heterocycles. The zero-order valence-electron chi connectivity index (χ0n) is 15.1. The molecular weight excluding hydrogens is 386 g/mol. The number of nitrogens with one attached hydrogen (secondary N) is 2. The van der Waals surface area contributed by atoms with E-state index < -0.39 is 0 Å². The molecule has 0 saturated carbocycles. The normalized spacial score (nSPS) is 14.9. The number of likely N-dealkylation sites (tertiary alicyclic amines) is 1. The number of aromatic nitrogens is 3. The second-order valence-corrected chi connectivity index (χ2v) is 7.59. The van der Waals surface area contributed by atoms with Gasteiger partial charge in [-0.25, -0.2) is 4.79 Å². The van der Waals surface area contributed by atoms with Crippen LogP contribution in [0.15, 0.2) is 17.5 Å². The third-order valence-electron chi connectivity index (χ3n) is 4.45. The molecule has 0 aliphatic carbocycles. The van der Waals surface area contributed by atoms with E-state index in [-0.39, 0.29) is 18.0 Å². The van der Waals surface area contributed by atoms with Gasteiger partial charge < -0.3 is 15.0 Å². The molecule has 0 unspecified atom stereocenters. The minimum absolute atomic E-state index is 0.0233. The van der Waals surface area contributed by atoms with Gasteiger partial charge in [-0.1, -0.05) is 6.07 Å². The molecule has 1 aliphatic heterocycles. The van der Waals surface area contributed by atoms with E-state index in [2.05, 4.69) is 15.5 Å². The largest absolute Gasteiger partial charge is 0.450 e. The Hall–Kier alpha value is -2.20. The van der Waals surface area contributed by atoms with Crippen LogP contribution in [0.1, 0.15) is 26.2 Å². The van der Waals surface area contributed by atoms with Crippen LogP contribution in [0, 0.1) is 4.77 Å². The molecule has 0 radical (unpaired) electrons. The van der Waals surface area contributed by atoms with Gasteiger partial charge in [0.15, 0.2) is 10.6 Å². The number of amides is 2. The number of carbonyl (C=O) groups excluding carboxylic acids is 2. The highest BCUT2D eigenvalue weighted by molar-refractivity contribution is 7.71. The van der Waals surface area contributed by atoms with Crippen LogP contribution in [-0.4, -0.2) is 57.4 Å². The summed E-state index contributed by atoms with van der Waals surface area (Å²) in [5.74, 6) is 0.732. The van der Waals surface area contributed by atoms with Gasteiger partial charge in [-0.3, -0.25) is 14.5 Å². The number of carbonyl (C=O) groups is 2. The van der Waals surface area contributed by atoms with Gasteiger partial charge in [-0.05, 0) is 43.4 Å². The highest BCUT2D eigenvalue weighted by Crippen LogP contribution is 2.23. The van der Waals surface area contributed by atoms with Gasteiger partial charge in [-0.15, -0.1) is 11.3 Å². The van der Waals surface area contributed by atoms with Crippen molar-refractivity contribution < 1.29 is 14.3 Å². The topological polar surface area (TPSA) is 92.2 Å². The van der Waals surface area contributed by atoms with Crippen molar-refractivity contribution in [2.24, 2.45) is 0 Å². The van der Waals surface area contributed by atoms with E-state index in [4.69, 9.17) is 17.0 Å². The Morgan fingerprint density at radius 1 is 1.44 bits per heavy atom. The van der Waals surface area contributed by atoms with Crippen LogP contribution in [0.4, 0.5) is 4.79 Å². The molecule has 27 heavy (non-hydrogen) atoms. The van der Waals surface area contributed by atoms with Crippen molar-refractivity contribution in [2.45, 2.75) is 38.8 Å². The second-order valence-electron chi connectivity index (χ2n) is 6.26. The summed E-state index contributed by atoms with van der Waals surface area (Å²) in [6.45, 7) is 3.83. The quantitative estimate of drug-likeness (QED) is 0.716. The number of hydrogen-bond donors (Lipinski definition) is 2. The lowest BCUT2D eigenvalue weighted by Gasteiger charge is -2.31. The summed E-state index contributed by atoms with van der Waals surface area (Å²) >= 11 is 6.87. The molecule has 2 aromatic rings. The summed E-state index contributed by atoms with van der Waals surface area (Å²) in [7, 11) is 0. The molecular formula is C17H23N5O3S2. The van der Waals surface area contributed by atoms with Crippen LogP contribution in [-0.2, 0) is 16.1 Å². The highest BCUT2D eigenvalue weighted by atomic mass is 32.1. The molecule has 10 heteroatoms. The van der Waals surface area contributed by atoms with Gasteiger partial charge in [0.05, 0.1) is 11.5 Å². The first kappa shape index (κ1) is 19.6. The first-order chi connectivity index (χ1) is 13.1. The maximum atomic E-state index is 12.3. The van der Waals surface area contributed by atoms with Gasteiger partial charge >= 0.3 is 6.09 Å². The molecule has 2 N–H and O–H groups in total. The molecule has 0 bridgehead atoms. The Kier molecular flexibility index (Phi) is 6.62. The lowest BCUT2D eigenvalue weighted by atomic mass is 10.1. The first-order valence-corrected chi connectivity index (χ1v) is 10.3. The lowest BCUT2D eigenvalue weighted by Crippen LogP contribution is -2.46. The van der Waals surface area contributed by atoms with Gasteiger partial charge in [0.25, 0.3) is 0 Å². The van der Waals surface area contributed by atoms with Crippen molar-refractivity contribution in [3.05, 3.63) is 22.3 Å². The molecule has 1 saturated heterocycles. The van der Waals surface area contributed by atoms with Crippen LogP contribution in [0.25, 0.3) is 10.7 Å². The van der Waals surface area contributed by atoms with Crippen molar-refractivity contribution in [1.29, 1.82) is 0 Å². The number of rotatable bonds is 6. The number of thiophene rings is 1. The zero-order valence-corrected chi connectivity index (χ0v) is 16.8. The smallest absolute Gasteiger partial charge is 0.409 e. The summed E-state index contributed by atoms with van der Waals surface area (Å²) in [5.41, 5.74) is 0. The van der Waals surface area contributed by atoms with Crippen LogP contribution in [0.5, 0.6) is 0 Å². The molecule has 0 spiro atoms. The second kappa shape index (κ2) is 9.14. The fraction of sp³-hybridized carbons (Fsp3) is 0.529. The molecule has 3 rings (SSSR count). The highest BCUT2D eigenvalue weighted by Gasteiger charge is 2.24. The van der Waals surface area contributed by atoms with Crippen molar-refractivity contribution in [3.8, 4) is 10.7 Å². The first-order valence-electron chi connectivity index (χ1n) is 8.98. The number of piperidine rings is 1. The standard InChI is InChI=1S/C17H23N5O3S2/c1-2-25-17(24)21-8-5-12(6-9-21)18-14(23)7-10-22-15(19-20-16(22)26)13-4-3-11-27-13/h3-4,11-12H,2,5-10H2,1H3,(H,18,23)(H,20,26). The number of hydrogen-bond acceptors (Lipinski definition) is 6. The summed E-state index contributed by atoms with van der Waals surface area (Å²) in [6.07, 6.45) is 1.51. The van der Waals surface area contributed by atoms with E-state index in [0.29, 0.717) is 37.4 Å².